The maximum absolute atomic E-state index is 13.5. The fraction of sp³-hybridized carbons (Fsp3) is 0.619. The molecule has 10 radical (unpaired) electrons. The third-order valence-electron chi connectivity index (χ3n) is 6.01. The Balaban J connectivity index is 0.00000316. The van der Waals surface area contributed by atoms with E-state index in [1.165, 1.54) is 6.07 Å². The molecule has 1 aliphatic heterocycles. The van der Waals surface area contributed by atoms with E-state index in [1.807, 2.05) is 13.8 Å². The third kappa shape index (κ3) is 8.28. The van der Waals surface area contributed by atoms with Crippen LogP contribution in [0, 0.1) is 11.7 Å². The molecule has 0 spiro atoms. The molecule has 1 aromatic carbocycles. The molecule has 1 aliphatic rings. The Bertz CT molecular complexity index is 888. The number of amides is 2. The van der Waals surface area contributed by atoms with Gasteiger partial charge in [-0.25, -0.2) is 4.39 Å². The molecule has 0 saturated carbocycles. The number of nitrogens with one attached hydrogen (secondary N) is 2. The number of carbonyl (C=O) groups is 2. The molecule has 2 amide bonds. The quantitative estimate of drug-likeness (QED) is 0.217. The highest BCUT2D eigenvalue weighted by molar-refractivity contribution is 6.41. The van der Waals surface area contributed by atoms with Crippen LogP contribution in [0.1, 0.15) is 44.0 Å². The van der Waals surface area contributed by atoms with Crippen molar-refractivity contribution in [3.63, 3.8) is 0 Å². The molecule has 36 heavy (non-hydrogen) atoms. The second-order valence-electron chi connectivity index (χ2n) is 8.82. The number of likely N-dealkylation sites (tertiary alicyclic amines) is 1. The SMILES string of the molecule is CC.[B]C([B])(NC(=O)c1cc(F)cc(Cl)c1)C1CCN(CC(=O)NC(C)(C([B])([B])O)C([B])(O)O)CC1. The Morgan fingerprint density at radius 1 is 1.06 bits per heavy atom. The second-order valence-corrected chi connectivity index (χ2v) is 9.26. The Kier molecular flexibility index (Phi) is 11.2. The summed E-state index contributed by atoms with van der Waals surface area (Å²) in [7, 11) is 28.2. The topological polar surface area (TPSA) is 122 Å². The summed E-state index contributed by atoms with van der Waals surface area (Å²) in [6.45, 7) is 5.44. The predicted molar refractivity (Wildman–Crippen MR) is 140 cm³/mol. The highest BCUT2D eigenvalue weighted by atomic mass is 35.5. The summed E-state index contributed by atoms with van der Waals surface area (Å²) in [4.78, 5) is 26.6. The van der Waals surface area contributed by atoms with Crippen LogP contribution in [-0.4, -0.2) is 113 Å². The third-order valence-corrected chi connectivity index (χ3v) is 6.23. The van der Waals surface area contributed by atoms with E-state index in [4.69, 9.17) is 50.8 Å². The standard InChI is InChI=1S/C19H22B5ClFN3O5.C2H6/c1-16(18(22,23)32,19(24,33)34)27-14(30)9-29-4-2-11(3-5-29)17(20,21)28-15(31)10-6-12(25)8-13(26)7-10;1-2/h6-8,11,32-34H,2-5,9H2,1H3,(H,27,30)(H,28,31);1-2H3. The van der Waals surface area contributed by atoms with Gasteiger partial charge in [-0.05, 0) is 62.3 Å². The predicted octanol–water partition coefficient (Wildman–Crippen LogP) is -1.40. The van der Waals surface area contributed by atoms with Gasteiger partial charge in [0, 0.05) is 16.0 Å². The molecule has 2 rings (SSSR count). The first kappa shape index (κ1) is 32.6. The zero-order valence-electron chi connectivity index (χ0n) is 20.6. The van der Waals surface area contributed by atoms with E-state index in [2.05, 4.69) is 10.6 Å². The lowest BCUT2D eigenvalue weighted by molar-refractivity contribution is -0.176. The molecule has 15 heteroatoms. The van der Waals surface area contributed by atoms with Gasteiger partial charge in [-0.2, -0.15) is 0 Å². The molecule has 1 unspecified atom stereocenters. The molecule has 186 valence electrons. The number of halogens is 2. The minimum atomic E-state index is -3.13. The van der Waals surface area contributed by atoms with Gasteiger partial charge in [0.1, 0.15) is 27.2 Å². The van der Waals surface area contributed by atoms with E-state index in [9.17, 15) is 29.3 Å². The lowest BCUT2D eigenvalue weighted by Crippen LogP contribution is -2.75. The first-order chi connectivity index (χ1) is 16.4. The van der Waals surface area contributed by atoms with Gasteiger partial charge in [0.05, 0.1) is 27.8 Å². The summed E-state index contributed by atoms with van der Waals surface area (Å²) in [5.74, 6) is -2.50. The van der Waals surface area contributed by atoms with Crippen molar-refractivity contribution in [2.45, 2.75) is 55.6 Å². The van der Waals surface area contributed by atoms with Crippen molar-refractivity contribution in [3.8, 4) is 0 Å². The summed E-state index contributed by atoms with van der Waals surface area (Å²) in [5, 5.41) is 29.7. The molecule has 0 aromatic heterocycles. The van der Waals surface area contributed by atoms with Gasteiger partial charge in [-0.15, -0.1) is 0 Å². The Labute approximate surface area is 223 Å². The number of hydrogen-bond acceptors (Lipinski definition) is 6. The highest BCUT2D eigenvalue weighted by Gasteiger charge is 2.51. The van der Waals surface area contributed by atoms with Crippen LogP contribution in [0.15, 0.2) is 18.2 Å². The van der Waals surface area contributed by atoms with Crippen LogP contribution >= 0.6 is 11.6 Å². The fourth-order valence-corrected chi connectivity index (χ4v) is 3.85. The summed E-state index contributed by atoms with van der Waals surface area (Å²) in [5.41, 5.74) is -5.56. The number of carbonyl (C=O) groups excluding carboxylic acids is 2. The minimum Gasteiger partial charge on any atom is -0.407 e. The molecule has 1 atom stereocenters. The van der Waals surface area contributed by atoms with Crippen LogP contribution in [0.25, 0.3) is 0 Å². The Morgan fingerprint density at radius 2 is 1.58 bits per heavy atom. The number of piperidine rings is 1. The van der Waals surface area contributed by atoms with E-state index in [-0.39, 0.29) is 23.0 Å². The Hall–Kier alpha value is -1.46. The zero-order chi connectivity index (χ0) is 28.1. The smallest absolute Gasteiger partial charge is 0.250 e. The van der Waals surface area contributed by atoms with E-state index in [0.29, 0.717) is 25.9 Å². The number of nitrogens with zero attached hydrogens (tertiary/aromatic N) is 1. The summed E-state index contributed by atoms with van der Waals surface area (Å²) >= 11 is 5.78. The fourth-order valence-electron chi connectivity index (χ4n) is 3.63. The van der Waals surface area contributed by atoms with Crippen molar-refractivity contribution >= 4 is 62.6 Å². The van der Waals surface area contributed by atoms with Crippen molar-refractivity contribution in [1.82, 2.24) is 15.5 Å². The van der Waals surface area contributed by atoms with Crippen LogP contribution in [0.2, 0.25) is 5.02 Å². The molecular weight excluding hydrogens is 483 g/mol. The van der Waals surface area contributed by atoms with Gasteiger partial charge in [0.25, 0.3) is 5.91 Å². The minimum absolute atomic E-state index is 0.0362. The molecule has 1 saturated heterocycles. The van der Waals surface area contributed by atoms with E-state index in [1.54, 1.807) is 4.90 Å². The van der Waals surface area contributed by atoms with Crippen LogP contribution in [-0.2, 0) is 4.79 Å². The van der Waals surface area contributed by atoms with Crippen LogP contribution < -0.4 is 10.6 Å². The molecule has 1 fully saturated rings. The van der Waals surface area contributed by atoms with Crippen LogP contribution in [0.5, 0.6) is 0 Å². The second kappa shape index (κ2) is 12.4. The molecule has 0 aliphatic carbocycles. The number of hydrogen-bond donors (Lipinski definition) is 5. The van der Waals surface area contributed by atoms with Gasteiger partial charge < -0.3 is 26.0 Å². The van der Waals surface area contributed by atoms with Crippen molar-refractivity contribution in [2.75, 3.05) is 19.6 Å². The summed E-state index contributed by atoms with van der Waals surface area (Å²) in [6, 6.07) is 3.34. The lowest BCUT2D eigenvalue weighted by atomic mass is 9.50. The molecule has 1 heterocycles. The van der Waals surface area contributed by atoms with Gasteiger partial charge in [0.15, 0.2) is 7.85 Å². The van der Waals surface area contributed by atoms with E-state index >= 15 is 0 Å². The largest absolute Gasteiger partial charge is 0.407 e. The van der Waals surface area contributed by atoms with Gasteiger partial charge >= 0.3 is 0 Å². The maximum Gasteiger partial charge on any atom is 0.250 e. The van der Waals surface area contributed by atoms with Crippen molar-refractivity contribution in [2.24, 2.45) is 5.92 Å². The number of benzene rings is 1. The van der Waals surface area contributed by atoms with Crippen molar-refractivity contribution < 1.29 is 29.3 Å². The van der Waals surface area contributed by atoms with Gasteiger partial charge in [-0.3, -0.25) is 14.5 Å². The first-order valence-electron chi connectivity index (χ1n) is 11.3. The highest BCUT2D eigenvalue weighted by Crippen LogP contribution is 2.27. The number of rotatable bonds is 8. The summed E-state index contributed by atoms with van der Waals surface area (Å²) in [6.07, 6.45) is 0.778. The van der Waals surface area contributed by atoms with Gasteiger partial charge in [0.2, 0.25) is 5.91 Å². The summed E-state index contributed by atoms with van der Waals surface area (Å²) < 4.78 is 13.5. The average molecular weight is 511 g/mol. The average Bonchev–Trinajstić information content (AvgIpc) is 2.73. The van der Waals surface area contributed by atoms with Gasteiger partial charge in [-0.1, -0.05) is 25.4 Å². The maximum atomic E-state index is 13.5. The normalized spacial score (nSPS) is 17.3. The van der Waals surface area contributed by atoms with E-state index < -0.39 is 39.6 Å². The molecular formula is C21H28B5ClFN3O5. The Morgan fingerprint density at radius 3 is 2.03 bits per heavy atom. The number of aliphatic hydroxyl groups is 3. The molecule has 8 nitrogen and oxygen atoms in total. The van der Waals surface area contributed by atoms with Crippen LogP contribution in [0.4, 0.5) is 4.39 Å². The van der Waals surface area contributed by atoms with Crippen molar-refractivity contribution in [1.29, 1.82) is 0 Å². The van der Waals surface area contributed by atoms with Crippen LogP contribution in [0.3, 0.4) is 0 Å². The molecule has 0 bridgehead atoms. The lowest BCUT2D eigenvalue weighted by Gasteiger charge is -2.49. The zero-order valence-corrected chi connectivity index (χ0v) is 21.3. The van der Waals surface area contributed by atoms with Crippen molar-refractivity contribution in [3.05, 3.63) is 34.6 Å². The molecule has 1 aromatic rings. The van der Waals surface area contributed by atoms with E-state index in [0.717, 1.165) is 19.1 Å². The monoisotopic (exact) mass is 511 g/mol. The first-order valence-corrected chi connectivity index (χ1v) is 11.7. The molecule has 5 N–H and O–H groups in total.